The van der Waals surface area contributed by atoms with Gasteiger partial charge in [-0.1, -0.05) is 0 Å². The monoisotopic (exact) mass is 409 g/mol. The molecule has 6 nitrogen and oxygen atoms in total. The highest BCUT2D eigenvalue weighted by Crippen LogP contribution is 2.18. The van der Waals surface area contributed by atoms with Gasteiger partial charge in [-0.2, -0.15) is 18.6 Å². The smallest absolute Gasteiger partial charge is 0.329 e. The Labute approximate surface area is 154 Å². The van der Waals surface area contributed by atoms with Gasteiger partial charge in [-0.3, -0.25) is 9.59 Å². The van der Waals surface area contributed by atoms with Crippen LogP contribution < -0.4 is 5.73 Å². The van der Waals surface area contributed by atoms with Gasteiger partial charge in [-0.15, -0.1) is 0 Å². The number of rotatable bonds is 4. The fraction of sp³-hybridized carbons (Fsp3) is 0.375. The maximum absolute atomic E-state index is 13.6. The summed E-state index contributed by atoms with van der Waals surface area (Å²) in [6, 6.07) is 0.796. The minimum Gasteiger partial charge on any atom is -0.329 e. The van der Waals surface area contributed by atoms with Crippen LogP contribution in [-0.2, 0) is 16.0 Å². The molecule has 1 aromatic carbocycles. The molecule has 28 heavy (non-hydrogen) atoms. The molecule has 0 unspecified atom stereocenters. The molecule has 0 aromatic heterocycles. The predicted octanol–water partition coefficient (Wildman–Crippen LogP) is 1.36. The Morgan fingerprint density at radius 3 is 2.32 bits per heavy atom. The molecule has 1 aromatic rings. The number of carbonyl (C=O) groups excluding carboxylic acids is 2. The highest BCUT2D eigenvalue weighted by molar-refractivity contribution is 6.00. The van der Waals surface area contributed by atoms with Crippen LogP contribution in [0.25, 0.3) is 0 Å². The Balaban J connectivity index is 2.01. The summed E-state index contributed by atoms with van der Waals surface area (Å²) in [5.74, 6) is -7.52. The van der Waals surface area contributed by atoms with Crippen LogP contribution in [0.15, 0.2) is 12.1 Å². The van der Waals surface area contributed by atoms with Crippen molar-refractivity contribution in [3.63, 3.8) is 0 Å². The first kappa shape index (κ1) is 21.4. The molecule has 0 atom stereocenters. The number of hydrogen-bond donors (Lipinski definition) is 2. The molecule has 0 fully saturated rings. The third-order valence-electron chi connectivity index (χ3n) is 4.01. The molecule has 2 rings (SSSR count). The van der Waals surface area contributed by atoms with Crippen molar-refractivity contribution >= 4 is 23.4 Å². The third kappa shape index (κ3) is 4.87. The second kappa shape index (κ2) is 7.98. The zero-order valence-electron chi connectivity index (χ0n) is 14.2. The first-order chi connectivity index (χ1) is 12.9. The molecule has 152 valence electrons. The summed E-state index contributed by atoms with van der Waals surface area (Å²) in [4.78, 5) is 25.1. The molecule has 1 amide bonds. The van der Waals surface area contributed by atoms with Crippen molar-refractivity contribution in [2.75, 3.05) is 19.6 Å². The van der Waals surface area contributed by atoms with Crippen LogP contribution in [0.2, 0.25) is 0 Å². The van der Waals surface area contributed by atoms with E-state index in [1.807, 2.05) is 0 Å². The molecule has 12 heteroatoms. The number of nitrogens with two attached hydrogens (primary N) is 1. The lowest BCUT2D eigenvalue weighted by Crippen LogP contribution is -2.54. The average molecular weight is 409 g/mol. The molecular formula is C16H15F6N4O2+. The summed E-state index contributed by atoms with van der Waals surface area (Å²) in [6.07, 6.45) is -6.28. The number of halogens is 6. The van der Waals surface area contributed by atoms with Crippen molar-refractivity contribution in [3.8, 4) is 0 Å². The lowest BCUT2D eigenvalue weighted by molar-refractivity contribution is -0.437. The van der Waals surface area contributed by atoms with Gasteiger partial charge in [-0.05, 0) is 11.6 Å². The number of hydrogen-bond acceptors (Lipinski definition) is 4. The van der Waals surface area contributed by atoms with Crippen LogP contribution in [-0.4, -0.2) is 58.6 Å². The number of benzene rings is 1. The van der Waals surface area contributed by atoms with E-state index in [9.17, 15) is 35.9 Å². The molecule has 0 saturated carbocycles. The van der Waals surface area contributed by atoms with E-state index in [2.05, 4.69) is 0 Å². The Kier molecular flexibility index (Phi) is 6.10. The first-order valence-electron chi connectivity index (χ1n) is 7.87. The molecule has 0 spiro atoms. The van der Waals surface area contributed by atoms with E-state index >= 15 is 0 Å². The van der Waals surface area contributed by atoms with E-state index in [1.54, 1.807) is 0 Å². The van der Waals surface area contributed by atoms with Gasteiger partial charge < -0.3 is 10.6 Å². The molecule has 1 aliphatic rings. The molecule has 0 bridgehead atoms. The van der Waals surface area contributed by atoms with Crippen molar-refractivity contribution in [2.24, 2.45) is 5.73 Å². The quantitative estimate of drug-likeness (QED) is 0.197. The van der Waals surface area contributed by atoms with E-state index in [1.165, 1.54) is 0 Å². The van der Waals surface area contributed by atoms with Gasteiger partial charge in [0.1, 0.15) is 18.1 Å². The van der Waals surface area contributed by atoms with Crippen LogP contribution in [0.1, 0.15) is 12.0 Å². The van der Waals surface area contributed by atoms with E-state index in [-0.39, 0.29) is 25.0 Å². The first-order valence-corrected chi connectivity index (χ1v) is 7.87. The second-order valence-electron chi connectivity index (χ2n) is 6.05. The van der Waals surface area contributed by atoms with Gasteiger partial charge in [-0.25, -0.2) is 17.7 Å². The summed E-state index contributed by atoms with van der Waals surface area (Å²) in [7, 11) is 0. The number of ketones is 1. The number of amides is 1. The Bertz CT molecular complexity index is 865. The standard InChI is InChI=1S/C16H14F6N4O2/c17-10-6-12(19)11(18)4-8(10)3-9(27)5-14(28)25-1-2-26(13(23)7-25)15(24)16(20,21)22/h4,6,23-24H,1-3,5,7H2/p+1. The molecule has 0 aliphatic carbocycles. The number of alkyl halides is 3. The highest BCUT2D eigenvalue weighted by atomic mass is 19.4. The van der Waals surface area contributed by atoms with Crippen molar-refractivity contribution in [1.82, 2.24) is 4.90 Å². The van der Waals surface area contributed by atoms with E-state index in [0.717, 1.165) is 4.90 Å². The molecule has 0 radical (unpaired) electrons. The van der Waals surface area contributed by atoms with Gasteiger partial charge in [0.05, 0.1) is 19.5 Å². The van der Waals surface area contributed by atoms with Crippen LogP contribution >= 0.6 is 0 Å². The van der Waals surface area contributed by atoms with E-state index in [0.29, 0.717) is 10.6 Å². The number of Topliss-reactive ketones (excluding diaryl/α,β-unsaturated/α-hetero) is 1. The van der Waals surface area contributed by atoms with Crippen molar-refractivity contribution in [2.45, 2.75) is 19.0 Å². The SMILES string of the molecule is N=C([N+]1=C(N)CN(C(=O)CC(=O)Cc2cc(F)c(F)cc2F)CC1)C(F)(F)F. The molecule has 1 heterocycles. The lowest BCUT2D eigenvalue weighted by atomic mass is 10.1. The Hall–Kier alpha value is -2.92. The van der Waals surface area contributed by atoms with Crippen molar-refractivity contribution < 1.29 is 40.5 Å². The summed E-state index contributed by atoms with van der Waals surface area (Å²) in [5, 5.41) is 7.08. The number of nitrogens with zero attached hydrogens (tertiary/aromatic N) is 2. The molecule has 1 aliphatic heterocycles. The van der Waals surface area contributed by atoms with Gasteiger partial charge in [0, 0.05) is 12.5 Å². The van der Waals surface area contributed by atoms with E-state index in [4.69, 9.17) is 11.1 Å². The van der Waals surface area contributed by atoms with Gasteiger partial charge >= 0.3 is 12.0 Å². The van der Waals surface area contributed by atoms with Crippen LogP contribution in [0, 0.1) is 22.9 Å². The normalized spacial score (nSPS) is 15.0. The second-order valence-corrected chi connectivity index (χ2v) is 6.05. The highest BCUT2D eigenvalue weighted by Gasteiger charge is 2.44. The fourth-order valence-corrected chi connectivity index (χ4v) is 2.60. The zero-order valence-corrected chi connectivity index (χ0v) is 14.2. The summed E-state index contributed by atoms with van der Waals surface area (Å²) in [6.45, 7) is -1.03. The van der Waals surface area contributed by atoms with Crippen molar-refractivity contribution in [3.05, 3.63) is 35.1 Å². The van der Waals surface area contributed by atoms with Crippen LogP contribution in [0.4, 0.5) is 26.3 Å². The molecular weight excluding hydrogens is 394 g/mol. The number of nitrogens with one attached hydrogen (secondary N) is 1. The van der Waals surface area contributed by atoms with Gasteiger partial charge in [0.25, 0.3) is 0 Å². The Morgan fingerprint density at radius 1 is 1.14 bits per heavy atom. The fourth-order valence-electron chi connectivity index (χ4n) is 2.60. The van der Waals surface area contributed by atoms with Gasteiger partial charge in [0.15, 0.2) is 11.6 Å². The topological polar surface area (TPSA) is 90.3 Å². The average Bonchev–Trinajstić information content (AvgIpc) is 2.58. The molecule has 3 N–H and O–H groups in total. The predicted molar refractivity (Wildman–Crippen MR) is 84.3 cm³/mol. The van der Waals surface area contributed by atoms with Crippen LogP contribution in [0.3, 0.4) is 0 Å². The van der Waals surface area contributed by atoms with Gasteiger partial charge in [0.2, 0.25) is 11.7 Å². The summed E-state index contributed by atoms with van der Waals surface area (Å²) < 4.78 is 77.9. The molecule has 0 saturated heterocycles. The number of carbonyl (C=O) groups is 2. The summed E-state index contributed by atoms with van der Waals surface area (Å²) >= 11 is 0. The van der Waals surface area contributed by atoms with Crippen molar-refractivity contribution in [1.29, 1.82) is 5.41 Å². The van der Waals surface area contributed by atoms with Crippen LogP contribution in [0.5, 0.6) is 0 Å². The summed E-state index contributed by atoms with van der Waals surface area (Å²) in [5.41, 5.74) is 5.08. The van der Waals surface area contributed by atoms with E-state index < -0.39 is 66.1 Å². The minimum atomic E-state index is -4.90. The lowest BCUT2D eigenvalue weighted by Gasteiger charge is -2.27. The zero-order chi connectivity index (χ0) is 21.2. The Morgan fingerprint density at radius 2 is 1.75 bits per heavy atom. The largest absolute Gasteiger partial charge is 0.481 e. The maximum atomic E-state index is 13.6. The maximum Gasteiger partial charge on any atom is 0.481 e. The number of amidine groups is 2. The minimum absolute atomic E-state index is 0.217. The third-order valence-corrected chi connectivity index (χ3v) is 4.01.